The summed E-state index contributed by atoms with van der Waals surface area (Å²) >= 11 is 0. The molecule has 0 aliphatic heterocycles. The van der Waals surface area contributed by atoms with Gasteiger partial charge in [0.1, 0.15) is 0 Å². The van der Waals surface area contributed by atoms with Crippen LogP contribution in [-0.4, -0.2) is 0 Å². The molecule has 0 saturated carbocycles. The van der Waals surface area contributed by atoms with E-state index >= 15 is 0 Å². The Morgan fingerprint density at radius 3 is 1.17 bits per heavy atom. The highest BCUT2D eigenvalue weighted by atomic mass is 31.3. The van der Waals surface area contributed by atoms with Gasteiger partial charge >= 0.3 is 8.07 Å². The fraction of sp³-hybridized carbons (Fsp3) is 0. The van der Waals surface area contributed by atoms with Gasteiger partial charge in [-0.2, -0.15) is 0 Å². The van der Waals surface area contributed by atoms with E-state index in [0.29, 0.717) is 0 Å². The maximum atomic E-state index is 9.91. The first-order valence-corrected chi connectivity index (χ1v) is 2.07. The lowest BCUT2D eigenvalue weighted by molar-refractivity contribution is 0.440. The van der Waals surface area contributed by atoms with E-state index in [1.165, 1.54) is 0 Å². The predicted octanol–water partition coefficient (Wildman–Crippen LogP) is 2.16. The Morgan fingerprint density at radius 2 is 1.17 bits per heavy atom. The summed E-state index contributed by atoms with van der Waals surface area (Å²) in [5.41, 5.74) is 0. The van der Waals surface area contributed by atoms with Gasteiger partial charge in [0.05, 0.1) is 0 Å². The third-order valence-electron chi connectivity index (χ3n) is 0. The van der Waals surface area contributed by atoms with Crippen LogP contribution in [0.2, 0.25) is 0 Å². The molecule has 0 amide bonds. The van der Waals surface area contributed by atoms with E-state index in [1.807, 2.05) is 0 Å². The Morgan fingerprint density at radius 1 is 1.17 bits per heavy atom. The zero-order valence-corrected chi connectivity index (χ0v) is 3.59. The standard InChI is InChI=1S/F3OP.H3N/c1-5(2,3)4;/h;1H3. The maximum absolute atomic E-state index is 9.91. The molecule has 0 bridgehead atoms. The lowest BCUT2D eigenvalue weighted by atomic mass is 14.0. The van der Waals surface area contributed by atoms with Crippen molar-refractivity contribution >= 4 is 8.07 Å². The number of hydrogen-bond acceptors (Lipinski definition) is 2. The van der Waals surface area contributed by atoms with Gasteiger partial charge in [-0.05, 0) is 0 Å². The van der Waals surface area contributed by atoms with Crippen LogP contribution in [0.4, 0.5) is 12.6 Å². The van der Waals surface area contributed by atoms with Gasteiger partial charge in [-0.1, -0.05) is 0 Å². The Hall–Kier alpha value is -0.0200. The monoisotopic (exact) mass is 121 g/mol. The molecule has 0 rings (SSSR count). The number of rotatable bonds is 0. The van der Waals surface area contributed by atoms with Crippen molar-refractivity contribution in [2.24, 2.45) is 0 Å². The van der Waals surface area contributed by atoms with E-state index < -0.39 is 8.07 Å². The minimum atomic E-state index is -6.14. The molecular formula is H3F3NOP. The van der Waals surface area contributed by atoms with Crippen LogP contribution in [0.25, 0.3) is 0 Å². The summed E-state index contributed by atoms with van der Waals surface area (Å²) in [6.07, 6.45) is 0. The first-order valence-electron chi connectivity index (χ1n) is 0.690. The van der Waals surface area contributed by atoms with Gasteiger partial charge in [-0.3, -0.25) is 0 Å². The normalized spacial score (nSPS) is 9.83. The largest absolute Gasteiger partial charge is 0.591 e. The van der Waals surface area contributed by atoms with Gasteiger partial charge < -0.3 is 6.15 Å². The Bertz CT molecular complexity index is 56.9. The van der Waals surface area contributed by atoms with Gasteiger partial charge in [0.25, 0.3) is 0 Å². The third-order valence-corrected chi connectivity index (χ3v) is 0. The van der Waals surface area contributed by atoms with Crippen molar-refractivity contribution in [3.8, 4) is 0 Å². The fourth-order valence-corrected chi connectivity index (χ4v) is 0. The average Bonchev–Trinajstić information content (AvgIpc) is 0.722. The molecule has 0 radical (unpaired) electrons. The van der Waals surface area contributed by atoms with Gasteiger partial charge in [-0.25, -0.2) is 4.57 Å². The highest BCUT2D eigenvalue weighted by molar-refractivity contribution is 7.47. The molecule has 0 aromatic heterocycles. The van der Waals surface area contributed by atoms with Gasteiger partial charge in [0.2, 0.25) is 0 Å². The second-order valence-electron chi connectivity index (χ2n) is 0.399. The summed E-state index contributed by atoms with van der Waals surface area (Å²) in [4.78, 5) is 0. The van der Waals surface area contributed by atoms with Gasteiger partial charge in [-0.15, -0.1) is 12.6 Å². The van der Waals surface area contributed by atoms with Crippen molar-refractivity contribution < 1.29 is 17.2 Å². The fourth-order valence-electron chi connectivity index (χ4n) is 0. The molecule has 40 valence electrons. The quantitative estimate of drug-likeness (QED) is 0.499. The smallest absolute Gasteiger partial charge is 0.344 e. The Balaban J connectivity index is 0. The summed E-state index contributed by atoms with van der Waals surface area (Å²) in [7, 11) is -6.14. The minimum Gasteiger partial charge on any atom is -0.344 e. The molecule has 0 spiro atoms. The molecule has 2 nitrogen and oxygen atoms in total. The van der Waals surface area contributed by atoms with Crippen LogP contribution in [0.1, 0.15) is 0 Å². The lowest BCUT2D eigenvalue weighted by Crippen LogP contribution is -1.30. The van der Waals surface area contributed by atoms with Crippen LogP contribution in [-0.2, 0) is 4.57 Å². The SMILES string of the molecule is N.O=P(F)(F)F. The highest BCUT2D eigenvalue weighted by Gasteiger charge is 2.13. The molecule has 0 heterocycles. The molecule has 0 fully saturated rings. The van der Waals surface area contributed by atoms with Crippen LogP contribution in [0.5, 0.6) is 0 Å². The average molecular weight is 121 g/mol. The number of hydrogen-bond donors (Lipinski definition) is 1. The van der Waals surface area contributed by atoms with Crippen molar-refractivity contribution in [3.05, 3.63) is 0 Å². The van der Waals surface area contributed by atoms with Crippen LogP contribution in [0.15, 0.2) is 0 Å². The van der Waals surface area contributed by atoms with E-state index in [-0.39, 0.29) is 6.15 Å². The molecule has 0 aliphatic rings. The van der Waals surface area contributed by atoms with E-state index in [4.69, 9.17) is 4.57 Å². The molecule has 0 aromatic rings. The second-order valence-corrected chi connectivity index (χ2v) is 1.20. The van der Waals surface area contributed by atoms with Crippen LogP contribution in [0, 0.1) is 0 Å². The minimum absolute atomic E-state index is 0. The first-order chi connectivity index (χ1) is 2.00. The summed E-state index contributed by atoms with van der Waals surface area (Å²) in [5.74, 6) is 0. The van der Waals surface area contributed by atoms with E-state index in [9.17, 15) is 12.6 Å². The summed E-state index contributed by atoms with van der Waals surface area (Å²) < 4.78 is 37.9. The van der Waals surface area contributed by atoms with E-state index in [0.717, 1.165) is 0 Å². The molecule has 0 aromatic carbocycles. The van der Waals surface area contributed by atoms with E-state index in [2.05, 4.69) is 0 Å². The van der Waals surface area contributed by atoms with Crippen molar-refractivity contribution in [3.63, 3.8) is 0 Å². The van der Waals surface area contributed by atoms with Crippen molar-refractivity contribution in [1.29, 1.82) is 0 Å². The van der Waals surface area contributed by atoms with E-state index in [1.54, 1.807) is 0 Å². The van der Waals surface area contributed by atoms with Gasteiger partial charge in [0.15, 0.2) is 0 Å². The zero-order chi connectivity index (χ0) is 4.50. The summed E-state index contributed by atoms with van der Waals surface area (Å²) in [6.45, 7) is 0. The van der Waals surface area contributed by atoms with Gasteiger partial charge in [0, 0.05) is 0 Å². The van der Waals surface area contributed by atoms with Crippen LogP contribution < -0.4 is 6.15 Å². The molecular weight excluding hydrogens is 118 g/mol. The van der Waals surface area contributed by atoms with Crippen molar-refractivity contribution in [1.82, 2.24) is 6.15 Å². The summed E-state index contributed by atoms with van der Waals surface area (Å²) in [5, 5.41) is 0. The van der Waals surface area contributed by atoms with Crippen LogP contribution >= 0.6 is 8.07 Å². The second kappa shape index (κ2) is 2.21. The molecule has 0 atom stereocenters. The Kier molecular flexibility index (Phi) is 3.44. The Labute approximate surface area is 32.7 Å². The lowest BCUT2D eigenvalue weighted by Gasteiger charge is -1.68. The molecule has 0 aliphatic carbocycles. The molecule has 0 saturated heterocycles. The van der Waals surface area contributed by atoms with Crippen LogP contribution in [0.3, 0.4) is 0 Å². The topological polar surface area (TPSA) is 52.1 Å². The predicted molar refractivity (Wildman–Crippen MR) is 16.0 cm³/mol. The third kappa shape index (κ3) is 88400. The van der Waals surface area contributed by atoms with Crippen molar-refractivity contribution in [2.75, 3.05) is 0 Å². The maximum Gasteiger partial charge on any atom is 0.591 e. The zero-order valence-electron chi connectivity index (χ0n) is 2.70. The number of halogens is 3. The molecule has 6 heteroatoms. The molecule has 0 unspecified atom stereocenters. The summed E-state index contributed by atoms with van der Waals surface area (Å²) in [6, 6.07) is 0. The molecule has 6 heavy (non-hydrogen) atoms. The highest BCUT2D eigenvalue weighted by Crippen LogP contribution is 2.50. The molecule has 3 N–H and O–H groups in total. The first kappa shape index (κ1) is 9.36. The van der Waals surface area contributed by atoms with Crippen molar-refractivity contribution in [2.45, 2.75) is 0 Å².